The Morgan fingerprint density at radius 2 is 1.83 bits per heavy atom. The number of imidazole rings is 1. The van der Waals surface area contributed by atoms with Gasteiger partial charge in [-0.25, -0.2) is 28.3 Å². The first-order chi connectivity index (χ1) is 21.7. The number of nitrogens with zero attached hydrogens (tertiary/aromatic N) is 4. The number of benzene rings is 2. The number of carbonyl (C=O) groups excluding carboxylic acids is 2. The van der Waals surface area contributed by atoms with E-state index in [0.29, 0.717) is 24.4 Å². The summed E-state index contributed by atoms with van der Waals surface area (Å²) in [6.45, 7) is 5.68. The van der Waals surface area contributed by atoms with Crippen molar-refractivity contribution in [3.05, 3.63) is 72.3 Å². The first-order valence-electron chi connectivity index (χ1n) is 14.3. The molecule has 4 aromatic rings. The van der Waals surface area contributed by atoms with Crippen molar-refractivity contribution in [3.63, 3.8) is 0 Å². The van der Waals surface area contributed by atoms with Gasteiger partial charge in [0.1, 0.15) is 34.4 Å². The standard InChI is InChI=1S/C30H31F2N7O6S/c1-30(2,3)45-29(41)37-46(42,43)36-25-17-13-39(14-18(17)25)22-9-8-16(31)12-20(22)35-28(40)21-15-38-11-10-33-27(38)26(34-21)24-19(32)6-5-7-23(24)44-4/h5-12,15,17-18,25,36H,13-14H2,1-4H3,(H,35,40)(H,37,41). The maximum atomic E-state index is 15.0. The van der Waals surface area contributed by atoms with Crippen molar-refractivity contribution in [2.75, 3.05) is 30.4 Å². The molecule has 2 aromatic heterocycles. The van der Waals surface area contributed by atoms with Crippen LogP contribution in [-0.2, 0) is 14.9 Å². The molecule has 1 aliphatic heterocycles. The number of rotatable bonds is 8. The lowest BCUT2D eigenvalue weighted by molar-refractivity contribution is 0.0569. The fraction of sp³-hybridized carbons (Fsp3) is 0.333. The minimum absolute atomic E-state index is 0.0325. The Balaban J connectivity index is 1.19. The van der Waals surface area contributed by atoms with Gasteiger partial charge in [0, 0.05) is 37.7 Å². The Bertz CT molecular complexity index is 1950. The van der Waals surface area contributed by atoms with E-state index < -0.39 is 45.5 Å². The predicted octanol–water partition coefficient (Wildman–Crippen LogP) is 3.73. The van der Waals surface area contributed by atoms with Gasteiger partial charge in [0.25, 0.3) is 5.91 Å². The molecule has 242 valence electrons. The van der Waals surface area contributed by atoms with Crippen LogP contribution in [0.15, 0.2) is 55.0 Å². The molecule has 0 bridgehead atoms. The minimum atomic E-state index is -4.16. The number of amides is 2. The van der Waals surface area contributed by atoms with Crippen LogP contribution >= 0.6 is 0 Å². The molecule has 1 saturated carbocycles. The Morgan fingerprint density at radius 1 is 1.09 bits per heavy atom. The number of fused-ring (bicyclic) bond motifs is 2. The molecular formula is C30H31F2N7O6S. The predicted molar refractivity (Wildman–Crippen MR) is 164 cm³/mol. The van der Waals surface area contributed by atoms with E-state index in [1.807, 2.05) is 9.62 Å². The average molecular weight is 656 g/mol. The molecule has 3 heterocycles. The van der Waals surface area contributed by atoms with Crippen molar-refractivity contribution in [3.8, 4) is 17.0 Å². The number of nitrogens with one attached hydrogen (secondary N) is 3. The third-order valence-electron chi connectivity index (χ3n) is 7.69. The second kappa shape index (κ2) is 11.5. The van der Waals surface area contributed by atoms with Gasteiger partial charge < -0.3 is 24.1 Å². The number of piperidine rings is 1. The van der Waals surface area contributed by atoms with Gasteiger partial charge in [0.05, 0.1) is 24.0 Å². The summed E-state index contributed by atoms with van der Waals surface area (Å²) in [5, 5.41) is 2.73. The summed E-state index contributed by atoms with van der Waals surface area (Å²) in [6.07, 6.45) is 3.42. The van der Waals surface area contributed by atoms with E-state index in [-0.39, 0.29) is 40.2 Å². The molecule has 0 radical (unpaired) electrons. The molecule has 46 heavy (non-hydrogen) atoms. The number of halogens is 2. The Hall–Kier alpha value is -4.83. The fourth-order valence-corrected chi connectivity index (χ4v) is 6.73. The van der Waals surface area contributed by atoms with Crippen molar-refractivity contribution >= 4 is 39.2 Å². The second-order valence-corrected chi connectivity index (χ2v) is 13.5. The summed E-state index contributed by atoms with van der Waals surface area (Å²) < 4.78 is 70.6. The quantitative estimate of drug-likeness (QED) is 0.258. The lowest BCUT2D eigenvalue weighted by Crippen LogP contribution is -2.45. The fourth-order valence-electron chi connectivity index (χ4n) is 5.70. The molecule has 2 aliphatic rings. The molecular weight excluding hydrogens is 624 g/mol. The number of hydrogen-bond acceptors (Lipinski definition) is 9. The van der Waals surface area contributed by atoms with Crippen molar-refractivity contribution in [2.24, 2.45) is 11.8 Å². The molecule has 13 nitrogen and oxygen atoms in total. The Morgan fingerprint density at radius 3 is 2.52 bits per heavy atom. The van der Waals surface area contributed by atoms with Crippen LogP contribution in [0.3, 0.4) is 0 Å². The normalized spacial score (nSPS) is 19.1. The molecule has 2 unspecified atom stereocenters. The monoisotopic (exact) mass is 655 g/mol. The molecule has 2 fully saturated rings. The number of methoxy groups -OCH3 is 1. The van der Waals surface area contributed by atoms with Gasteiger partial charge >= 0.3 is 16.3 Å². The van der Waals surface area contributed by atoms with Gasteiger partial charge in [-0.2, -0.15) is 13.1 Å². The lowest BCUT2D eigenvalue weighted by Gasteiger charge is -2.25. The van der Waals surface area contributed by atoms with Crippen LogP contribution in [0.1, 0.15) is 31.3 Å². The van der Waals surface area contributed by atoms with Crippen molar-refractivity contribution < 1.29 is 36.3 Å². The first-order valence-corrected chi connectivity index (χ1v) is 15.8. The number of anilines is 2. The average Bonchev–Trinajstić information content (AvgIpc) is 3.32. The summed E-state index contributed by atoms with van der Waals surface area (Å²) in [7, 11) is -2.77. The third-order valence-corrected chi connectivity index (χ3v) is 8.71. The highest BCUT2D eigenvalue weighted by Crippen LogP contribution is 2.48. The van der Waals surface area contributed by atoms with E-state index in [9.17, 15) is 22.4 Å². The highest BCUT2D eigenvalue weighted by molar-refractivity contribution is 7.88. The van der Waals surface area contributed by atoms with Gasteiger partial charge in [-0.15, -0.1) is 0 Å². The van der Waals surface area contributed by atoms with Gasteiger partial charge in [0.2, 0.25) is 0 Å². The first kappa shape index (κ1) is 31.2. The molecule has 2 aromatic carbocycles. The van der Waals surface area contributed by atoms with Gasteiger partial charge in [-0.05, 0) is 62.9 Å². The molecule has 0 spiro atoms. The zero-order valence-electron chi connectivity index (χ0n) is 25.2. The molecule has 3 N–H and O–H groups in total. The second-order valence-electron chi connectivity index (χ2n) is 12.0. The van der Waals surface area contributed by atoms with E-state index in [4.69, 9.17) is 9.47 Å². The van der Waals surface area contributed by atoms with Crippen LogP contribution in [0.4, 0.5) is 25.0 Å². The van der Waals surface area contributed by atoms with Crippen molar-refractivity contribution in [1.82, 2.24) is 23.8 Å². The maximum Gasteiger partial charge on any atom is 0.422 e. The maximum absolute atomic E-state index is 15.0. The molecule has 2 amide bonds. The summed E-state index contributed by atoms with van der Waals surface area (Å²) in [5.41, 5.74) is 0.164. The highest BCUT2D eigenvalue weighted by atomic mass is 32.2. The Kier molecular flexibility index (Phi) is 7.80. The SMILES string of the molecule is COc1cccc(F)c1-c1nc(C(=O)Nc2cc(F)ccc2N2CC3C(C2)C3NS(=O)(=O)NC(=O)OC(C)(C)C)cn2ccnc12. The van der Waals surface area contributed by atoms with Crippen LogP contribution in [0.25, 0.3) is 16.9 Å². The van der Waals surface area contributed by atoms with E-state index >= 15 is 4.39 Å². The largest absolute Gasteiger partial charge is 0.496 e. The van der Waals surface area contributed by atoms with Crippen LogP contribution in [0.5, 0.6) is 5.75 Å². The minimum Gasteiger partial charge on any atom is -0.496 e. The smallest absolute Gasteiger partial charge is 0.422 e. The topological polar surface area (TPSA) is 156 Å². The lowest BCUT2D eigenvalue weighted by atomic mass is 10.1. The van der Waals surface area contributed by atoms with Gasteiger partial charge in [-0.3, -0.25) is 4.79 Å². The molecule has 2 atom stereocenters. The van der Waals surface area contributed by atoms with Gasteiger partial charge in [-0.1, -0.05) is 6.07 Å². The molecule has 1 saturated heterocycles. The van der Waals surface area contributed by atoms with E-state index in [1.165, 1.54) is 54.2 Å². The number of carbonyl (C=O) groups is 2. The van der Waals surface area contributed by atoms with E-state index in [1.54, 1.807) is 33.0 Å². The molecule has 6 rings (SSSR count). The van der Waals surface area contributed by atoms with E-state index in [2.05, 4.69) is 20.0 Å². The zero-order chi connectivity index (χ0) is 33.0. The number of ether oxygens (including phenoxy) is 2. The molecule has 16 heteroatoms. The van der Waals surface area contributed by atoms with Gasteiger partial charge in [0.15, 0.2) is 5.65 Å². The zero-order valence-corrected chi connectivity index (χ0v) is 26.1. The summed E-state index contributed by atoms with van der Waals surface area (Å²) in [5.74, 6) is -1.83. The van der Waals surface area contributed by atoms with Crippen LogP contribution in [0.2, 0.25) is 0 Å². The van der Waals surface area contributed by atoms with Crippen molar-refractivity contribution in [1.29, 1.82) is 0 Å². The third kappa shape index (κ3) is 6.30. The Labute approximate surface area is 263 Å². The highest BCUT2D eigenvalue weighted by Gasteiger charge is 2.57. The number of aromatic nitrogens is 3. The summed E-state index contributed by atoms with van der Waals surface area (Å²) in [6, 6.07) is 7.87. The van der Waals surface area contributed by atoms with Crippen LogP contribution in [-0.4, -0.2) is 66.6 Å². The summed E-state index contributed by atoms with van der Waals surface area (Å²) in [4.78, 5) is 36.1. The van der Waals surface area contributed by atoms with E-state index in [0.717, 1.165) is 0 Å². The van der Waals surface area contributed by atoms with Crippen molar-refractivity contribution in [2.45, 2.75) is 32.4 Å². The summed E-state index contributed by atoms with van der Waals surface area (Å²) >= 11 is 0. The van der Waals surface area contributed by atoms with Crippen LogP contribution < -0.4 is 24.4 Å². The van der Waals surface area contributed by atoms with Crippen LogP contribution in [0, 0.1) is 23.5 Å². The molecule has 1 aliphatic carbocycles. The number of hydrogen-bond donors (Lipinski definition) is 3.